The van der Waals surface area contributed by atoms with Crippen molar-refractivity contribution in [2.45, 2.75) is 0 Å². The lowest BCUT2D eigenvalue weighted by Crippen LogP contribution is -2.05. The molecule has 0 atom stereocenters. The second-order valence-corrected chi connectivity index (χ2v) is 3.65. The highest BCUT2D eigenvalue weighted by atomic mass is 16.7. The standard InChI is InChI=1S/C12H10.C2H2O5.CH2O3/c1-3-7-11(8-4-1)12-9-5-2-6-10-12;3-1(4)7-2(5)6;2-1(3)4/h1-10H;(H,3,4)(H,5,6);(H2,2,3,4). The lowest BCUT2D eigenvalue weighted by Gasteiger charge is -1.98. The smallest absolute Gasteiger partial charge is 0.450 e. The van der Waals surface area contributed by atoms with Crippen molar-refractivity contribution < 1.29 is 39.5 Å². The molecule has 0 radical (unpaired) electrons. The van der Waals surface area contributed by atoms with E-state index in [1.807, 2.05) is 12.1 Å². The molecule has 0 bridgehead atoms. The summed E-state index contributed by atoms with van der Waals surface area (Å²) >= 11 is 0. The van der Waals surface area contributed by atoms with Gasteiger partial charge < -0.3 is 25.2 Å². The summed E-state index contributed by atoms with van der Waals surface area (Å²) in [4.78, 5) is 27.0. The first kappa shape index (κ1) is 19.5. The predicted molar refractivity (Wildman–Crippen MR) is 79.7 cm³/mol. The highest BCUT2D eigenvalue weighted by Gasteiger charge is 2.01. The minimum absolute atomic E-state index is 1.28. The highest BCUT2D eigenvalue weighted by Crippen LogP contribution is 2.17. The van der Waals surface area contributed by atoms with Gasteiger partial charge in [-0.15, -0.1) is 0 Å². The van der Waals surface area contributed by atoms with E-state index in [1.54, 1.807) is 0 Å². The number of hydrogen-bond acceptors (Lipinski definition) is 4. The maximum Gasteiger partial charge on any atom is 0.516 e. The van der Waals surface area contributed by atoms with Gasteiger partial charge in [-0.3, -0.25) is 0 Å². The normalized spacial score (nSPS) is 8.35. The summed E-state index contributed by atoms with van der Waals surface area (Å²) in [5.41, 5.74) is 2.55. The van der Waals surface area contributed by atoms with Crippen molar-refractivity contribution in [1.82, 2.24) is 0 Å². The van der Waals surface area contributed by atoms with Crippen LogP contribution in [0, 0.1) is 0 Å². The average molecular weight is 322 g/mol. The molecule has 4 N–H and O–H groups in total. The van der Waals surface area contributed by atoms with Crippen LogP contribution in [0.25, 0.3) is 11.1 Å². The Morgan fingerprint density at radius 2 is 0.870 bits per heavy atom. The molecule has 2 aromatic carbocycles. The van der Waals surface area contributed by atoms with Gasteiger partial charge in [-0.1, -0.05) is 60.7 Å². The third kappa shape index (κ3) is 11.9. The molecule has 0 fully saturated rings. The zero-order valence-corrected chi connectivity index (χ0v) is 11.7. The Kier molecular flexibility index (Phi) is 9.43. The molecule has 23 heavy (non-hydrogen) atoms. The van der Waals surface area contributed by atoms with Gasteiger partial charge in [-0.2, -0.15) is 0 Å². The van der Waals surface area contributed by atoms with E-state index in [-0.39, 0.29) is 0 Å². The third-order valence-corrected chi connectivity index (χ3v) is 2.06. The molecule has 8 nitrogen and oxygen atoms in total. The zero-order valence-electron chi connectivity index (χ0n) is 11.7. The molecule has 2 rings (SSSR count). The molecular weight excluding hydrogens is 308 g/mol. The molecule has 0 amide bonds. The van der Waals surface area contributed by atoms with Crippen molar-refractivity contribution in [1.29, 1.82) is 0 Å². The second-order valence-electron chi connectivity index (χ2n) is 3.65. The molecule has 0 aliphatic carbocycles. The van der Waals surface area contributed by atoms with Crippen molar-refractivity contribution in [3.05, 3.63) is 60.7 Å². The molecule has 0 aromatic heterocycles. The number of carboxylic acid groups (broad SMARTS) is 4. The summed E-state index contributed by atoms with van der Waals surface area (Å²) in [7, 11) is 0. The van der Waals surface area contributed by atoms with Crippen LogP contribution in [0.4, 0.5) is 14.4 Å². The second kappa shape index (κ2) is 11.1. The molecule has 0 heterocycles. The molecule has 0 saturated heterocycles. The Morgan fingerprint density at radius 1 is 0.609 bits per heavy atom. The molecule has 0 aliphatic rings. The summed E-state index contributed by atoms with van der Waals surface area (Å²) in [6.45, 7) is 0. The van der Waals surface area contributed by atoms with Crippen molar-refractivity contribution >= 4 is 18.5 Å². The first-order valence-corrected chi connectivity index (χ1v) is 5.99. The molecule has 0 aliphatic heterocycles. The van der Waals surface area contributed by atoms with Gasteiger partial charge >= 0.3 is 18.5 Å². The van der Waals surface area contributed by atoms with E-state index >= 15 is 0 Å². The van der Waals surface area contributed by atoms with Crippen molar-refractivity contribution in [3.63, 3.8) is 0 Å². The lowest BCUT2D eigenvalue weighted by atomic mass is 10.1. The molecule has 0 saturated carbocycles. The van der Waals surface area contributed by atoms with Crippen molar-refractivity contribution in [2.75, 3.05) is 0 Å². The fourth-order valence-corrected chi connectivity index (χ4v) is 1.34. The summed E-state index contributed by atoms with van der Waals surface area (Å²) in [6, 6.07) is 20.8. The van der Waals surface area contributed by atoms with Crippen LogP contribution in [0.2, 0.25) is 0 Å². The monoisotopic (exact) mass is 322 g/mol. The van der Waals surface area contributed by atoms with Crippen LogP contribution in [0.1, 0.15) is 0 Å². The Labute approximate surface area is 130 Å². The van der Waals surface area contributed by atoms with E-state index < -0.39 is 18.5 Å². The van der Waals surface area contributed by atoms with Crippen LogP contribution in [0.15, 0.2) is 60.7 Å². The SMILES string of the molecule is O=C(O)O.O=C(O)OC(=O)O.c1ccc(-c2ccccc2)cc1. The van der Waals surface area contributed by atoms with Gasteiger partial charge in [0.05, 0.1) is 0 Å². The quantitative estimate of drug-likeness (QED) is 0.457. The Hall–Kier alpha value is -3.55. The van der Waals surface area contributed by atoms with Crippen LogP contribution >= 0.6 is 0 Å². The van der Waals surface area contributed by atoms with Crippen LogP contribution in [0.5, 0.6) is 0 Å². The third-order valence-electron chi connectivity index (χ3n) is 2.06. The molecule has 0 spiro atoms. The van der Waals surface area contributed by atoms with Crippen LogP contribution in [-0.2, 0) is 4.74 Å². The van der Waals surface area contributed by atoms with E-state index in [2.05, 4.69) is 53.3 Å². The molecule has 8 heteroatoms. The van der Waals surface area contributed by atoms with E-state index in [0.29, 0.717) is 0 Å². The molecule has 0 unspecified atom stereocenters. The Balaban J connectivity index is 0.000000377. The molecular formula is C15H14O8. The van der Waals surface area contributed by atoms with E-state index in [4.69, 9.17) is 25.2 Å². The maximum atomic E-state index is 9.21. The van der Waals surface area contributed by atoms with Crippen LogP contribution < -0.4 is 0 Å². The Morgan fingerprint density at radius 3 is 1.04 bits per heavy atom. The minimum atomic E-state index is -1.83. The number of ether oxygens (including phenoxy) is 1. The number of rotatable bonds is 1. The lowest BCUT2D eigenvalue weighted by molar-refractivity contribution is 0.0801. The van der Waals surface area contributed by atoms with Gasteiger partial charge in [-0.05, 0) is 11.1 Å². The summed E-state index contributed by atoms with van der Waals surface area (Å²) in [6.07, 6.45) is -5.46. The highest BCUT2D eigenvalue weighted by molar-refractivity contribution is 5.74. The summed E-state index contributed by atoms with van der Waals surface area (Å²) < 4.78 is 3.08. The van der Waals surface area contributed by atoms with Crippen molar-refractivity contribution in [3.8, 4) is 11.1 Å². The van der Waals surface area contributed by atoms with Gasteiger partial charge in [0.25, 0.3) is 0 Å². The molecule has 122 valence electrons. The van der Waals surface area contributed by atoms with Gasteiger partial charge in [0.15, 0.2) is 0 Å². The topological polar surface area (TPSA) is 141 Å². The first-order valence-electron chi connectivity index (χ1n) is 5.99. The van der Waals surface area contributed by atoms with E-state index in [0.717, 1.165) is 0 Å². The first-order chi connectivity index (χ1) is 10.8. The summed E-state index contributed by atoms with van der Waals surface area (Å²) in [5.74, 6) is 0. The van der Waals surface area contributed by atoms with Crippen LogP contribution in [-0.4, -0.2) is 38.9 Å². The number of carbonyl (C=O) groups is 3. The summed E-state index contributed by atoms with van der Waals surface area (Å²) in [5, 5.41) is 28.9. The number of benzene rings is 2. The predicted octanol–water partition coefficient (Wildman–Crippen LogP) is 3.94. The van der Waals surface area contributed by atoms with Gasteiger partial charge in [0.1, 0.15) is 0 Å². The molecule has 2 aromatic rings. The largest absolute Gasteiger partial charge is 0.516 e. The Bertz CT molecular complexity index is 556. The minimum Gasteiger partial charge on any atom is -0.450 e. The van der Waals surface area contributed by atoms with Gasteiger partial charge in [0.2, 0.25) is 0 Å². The fourth-order valence-electron chi connectivity index (χ4n) is 1.34. The van der Waals surface area contributed by atoms with Crippen LogP contribution in [0.3, 0.4) is 0 Å². The van der Waals surface area contributed by atoms with E-state index in [9.17, 15) is 9.59 Å². The van der Waals surface area contributed by atoms with Gasteiger partial charge in [0, 0.05) is 0 Å². The van der Waals surface area contributed by atoms with E-state index in [1.165, 1.54) is 11.1 Å². The average Bonchev–Trinajstić information content (AvgIpc) is 2.48. The van der Waals surface area contributed by atoms with Gasteiger partial charge in [-0.25, -0.2) is 14.4 Å². The zero-order chi connectivity index (χ0) is 17.7. The van der Waals surface area contributed by atoms with Crippen molar-refractivity contribution in [2.24, 2.45) is 0 Å². The fraction of sp³-hybridized carbons (Fsp3) is 0. The maximum absolute atomic E-state index is 9.21. The number of hydrogen-bond donors (Lipinski definition) is 4.